The number of aromatic carboxylic acids is 1. The van der Waals surface area contributed by atoms with Gasteiger partial charge in [-0.25, -0.2) is 9.80 Å². The smallest absolute Gasteiger partial charge is 0.337 e. The van der Waals surface area contributed by atoms with E-state index in [1.54, 1.807) is 14.1 Å². The predicted octanol–water partition coefficient (Wildman–Crippen LogP) is 3.79. The van der Waals surface area contributed by atoms with E-state index in [9.17, 15) is 19.5 Å². The third kappa shape index (κ3) is 5.34. The van der Waals surface area contributed by atoms with Gasteiger partial charge in [0, 0.05) is 25.7 Å². The van der Waals surface area contributed by atoms with Crippen molar-refractivity contribution in [2.45, 2.75) is 6.92 Å². The number of hydrazine groups is 1. The first-order valence-electron chi connectivity index (χ1n) is 9.58. The summed E-state index contributed by atoms with van der Waals surface area (Å²) in [5.74, 6) is -2.11. The number of rotatable bonds is 6. The number of nitrogens with zero attached hydrogens (tertiary/aromatic N) is 1. The van der Waals surface area contributed by atoms with Crippen LogP contribution in [0.4, 0.5) is 5.69 Å². The highest BCUT2D eigenvalue weighted by Crippen LogP contribution is 2.22. The largest absolute Gasteiger partial charge is 0.478 e. The van der Waals surface area contributed by atoms with Crippen molar-refractivity contribution < 1.29 is 19.5 Å². The molecule has 0 atom stereocenters. The van der Waals surface area contributed by atoms with E-state index in [2.05, 4.69) is 10.7 Å². The molecule has 0 fully saturated rings. The number of benzene rings is 3. The lowest BCUT2D eigenvalue weighted by Gasteiger charge is -2.14. The van der Waals surface area contributed by atoms with Gasteiger partial charge in [-0.2, -0.15) is 0 Å². The van der Waals surface area contributed by atoms with Gasteiger partial charge in [0.1, 0.15) is 0 Å². The van der Waals surface area contributed by atoms with Crippen molar-refractivity contribution in [3.8, 4) is 0 Å². The molecule has 31 heavy (non-hydrogen) atoms. The minimum absolute atomic E-state index is 0.0477. The van der Waals surface area contributed by atoms with Gasteiger partial charge < -0.3 is 10.4 Å². The molecule has 3 aromatic carbocycles. The number of carbonyl (C=O) groups excluding carboxylic acids is 2. The molecule has 0 aliphatic heterocycles. The van der Waals surface area contributed by atoms with Gasteiger partial charge >= 0.3 is 5.97 Å². The first kappa shape index (κ1) is 21.7. The Morgan fingerprint density at radius 2 is 1.58 bits per heavy atom. The Hall–Kier alpha value is -3.97. The van der Waals surface area contributed by atoms with E-state index in [0.717, 1.165) is 21.9 Å². The average Bonchev–Trinajstić information content (AvgIpc) is 2.72. The Labute approximate surface area is 180 Å². The molecule has 0 radical (unpaired) electrons. The highest BCUT2D eigenvalue weighted by atomic mass is 16.4. The molecule has 3 aromatic rings. The number of carbonyl (C=O) groups is 3. The highest BCUT2D eigenvalue weighted by Gasteiger charge is 2.16. The van der Waals surface area contributed by atoms with Crippen molar-refractivity contribution >= 4 is 39.8 Å². The number of allylic oxidation sites excluding steroid dienone is 1. The van der Waals surface area contributed by atoms with Crippen molar-refractivity contribution in [3.63, 3.8) is 0 Å². The Balaban J connectivity index is 1.86. The van der Waals surface area contributed by atoms with Gasteiger partial charge in [-0.3, -0.25) is 15.0 Å². The Kier molecular flexibility index (Phi) is 6.47. The van der Waals surface area contributed by atoms with Crippen LogP contribution in [-0.2, 0) is 4.79 Å². The number of fused-ring (bicyclic) bond motifs is 1. The number of hydrogen-bond acceptors (Lipinski definition) is 4. The molecule has 0 aliphatic carbocycles. The van der Waals surface area contributed by atoms with Crippen LogP contribution in [-0.4, -0.2) is 42.0 Å². The molecule has 0 heterocycles. The molecule has 7 heteroatoms. The zero-order chi connectivity index (χ0) is 22.5. The maximum atomic E-state index is 12.6. The molecule has 0 aromatic heterocycles. The molecule has 2 amide bonds. The van der Waals surface area contributed by atoms with Crippen molar-refractivity contribution in [2.24, 2.45) is 0 Å². The first-order chi connectivity index (χ1) is 14.7. The summed E-state index contributed by atoms with van der Waals surface area (Å²) in [6.07, 6.45) is 1.41. The fourth-order valence-corrected chi connectivity index (χ4v) is 3.13. The van der Waals surface area contributed by atoms with Gasteiger partial charge in [-0.15, -0.1) is 0 Å². The zero-order valence-electron chi connectivity index (χ0n) is 17.5. The van der Waals surface area contributed by atoms with E-state index in [-0.39, 0.29) is 16.8 Å². The Morgan fingerprint density at radius 3 is 2.26 bits per heavy atom. The lowest BCUT2D eigenvalue weighted by Crippen LogP contribution is -2.36. The van der Waals surface area contributed by atoms with Gasteiger partial charge in [0.25, 0.3) is 5.91 Å². The minimum Gasteiger partial charge on any atom is -0.478 e. The number of nitrogens with one attached hydrogen (secondary N) is 2. The fourth-order valence-electron chi connectivity index (χ4n) is 3.13. The third-order valence-electron chi connectivity index (χ3n) is 4.65. The van der Waals surface area contributed by atoms with Crippen LogP contribution >= 0.6 is 0 Å². The summed E-state index contributed by atoms with van der Waals surface area (Å²) in [7, 11) is 3.32. The van der Waals surface area contributed by atoms with E-state index in [1.165, 1.54) is 29.3 Å². The van der Waals surface area contributed by atoms with E-state index in [0.29, 0.717) is 0 Å². The molecule has 0 aliphatic rings. The summed E-state index contributed by atoms with van der Waals surface area (Å²) in [5, 5.41) is 15.7. The van der Waals surface area contributed by atoms with Crippen molar-refractivity contribution in [3.05, 3.63) is 83.4 Å². The van der Waals surface area contributed by atoms with Crippen LogP contribution in [0, 0.1) is 0 Å². The standard InChI is InChI=1S/C24H23N3O4/c1-15(17-9-8-16-6-4-5-7-18(16)13-17)12-22(28)25-21-14-19(23(29)26-27(2)3)10-11-20(21)24(30)31/h4-14H,1-3H3,(H,25,28)(H,26,29)(H,30,31)/b15-12-. The van der Waals surface area contributed by atoms with Crippen LogP contribution in [0.25, 0.3) is 16.3 Å². The number of carboxylic acids is 1. The van der Waals surface area contributed by atoms with E-state index in [1.807, 2.05) is 49.4 Å². The van der Waals surface area contributed by atoms with Crippen molar-refractivity contribution in [1.82, 2.24) is 10.4 Å². The molecule has 0 bridgehead atoms. The van der Waals surface area contributed by atoms with Crippen LogP contribution in [0.5, 0.6) is 0 Å². The van der Waals surface area contributed by atoms with Crippen LogP contribution in [0.2, 0.25) is 0 Å². The van der Waals surface area contributed by atoms with E-state index < -0.39 is 17.8 Å². The first-order valence-corrected chi connectivity index (χ1v) is 9.58. The Bertz CT molecular complexity index is 1200. The predicted molar refractivity (Wildman–Crippen MR) is 121 cm³/mol. The third-order valence-corrected chi connectivity index (χ3v) is 4.65. The van der Waals surface area contributed by atoms with Gasteiger partial charge in [0.15, 0.2) is 0 Å². The normalized spacial score (nSPS) is 11.4. The topological polar surface area (TPSA) is 98.7 Å². The zero-order valence-corrected chi connectivity index (χ0v) is 17.5. The van der Waals surface area contributed by atoms with Gasteiger partial charge in [0.2, 0.25) is 5.91 Å². The van der Waals surface area contributed by atoms with Crippen molar-refractivity contribution in [2.75, 3.05) is 19.4 Å². The lowest BCUT2D eigenvalue weighted by atomic mass is 10.0. The van der Waals surface area contributed by atoms with Gasteiger partial charge in [-0.05, 0) is 53.1 Å². The number of anilines is 1. The molecule has 0 spiro atoms. The number of amides is 2. The SMILES string of the molecule is C/C(=C/C(=O)Nc1cc(C(=O)NN(C)C)ccc1C(=O)O)c1ccc2ccccc2c1. The molecule has 0 saturated carbocycles. The summed E-state index contributed by atoms with van der Waals surface area (Å²) in [5.41, 5.74) is 4.35. The van der Waals surface area contributed by atoms with E-state index in [4.69, 9.17) is 0 Å². The van der Waals surface area contributed by atoms with Crippen LogP contribution in [0.3, 0.4) is 0 Å². The molecule has 158 valence electrons. The van der Waals surface area contributed by atoms with Gasteiger partial charge in [-0.1, -0.05) is 36.4 Å². The van der Waals surface area contributed by atoms with E-state index >= 15 is 0 Å². The summed E-state index contributed by atoms with van der Waals surface area (Å²) in [6.45, 7) is 1.81. The summed E-state index contributed by atoms with van der Waals surface area (Å²) in [4.78, 5) is 36.4. The molecule has 0 saturated heterocycles. The van der Waals surface area contributed by atoms with Gasteiger partial charge in [0.05, 0.1) is 11.3 Å². The fraction of sp³-hybridized carbons (Fsp3) is 0.125. The second-order valence-corrected chi connectivity index (χ2v) is 7.28. The second kappa shape index (κ2) is 9.23. The summed E-state index contributed by atoms with van der Waals surface area (Å²) in [6, 6.07) is 17.9. The number of carboxylic acid groups (broad SMARTS) is 1. The summed E-state index contributed by atoms with van der Waals surface area (Å²) >= 11 is 0. The molecular formula is C24H23N3O4. The Morgan fingerprint density at radius 1 is 0.903 bits per heavy atom. The number of hydrogen-bond donors (Lipinski definition) is 3. The average molecular weight is 417 g/mol. The maximum Gasteiger partial charge on any atom is 0.337 e. The quantitative estimate of drug-likeness (QED) is 0.419. The highest BCUT2D eigenvalue weighted by molar-refractivity contribution is 6.08. The molecule has 3 N–H and O–H groups in total. The van der Waals surface area contributed by atoms with Crippen LogP contribution < -0.4 is 10.7 Å². The molecular weight excluding hydrogens is 394 g/mol. The molecule has 3 rings (SSSR count). The van der Waals surface area contributed by atoms with Crippen LogP contribution in [0.15, 0.2) is 66.7 Å². The molecule has 7 nitrogen and oxygen atoms in total. The lowest BCUT2D eigenvalue weighted by molar-refractivity contribution is -0.111. The monoisotopic (exact) mass is 417 g/mol. The van der Waals surface area contributed by atoms with Crippen LogP contribution in [0.1, 0.15) is 33.2 Å². The van der Waals surface area contributed by atoms with Crippen molar-refractivity contribution in [1.29, 1.82) is 0 Å². The minimum atomic E-state index is -1.20. The maximum absolute atomic E-state index is 12.6. The summed E-state index contributed by atoms with van der Waals surface area (Å²) < 4.78 is 0. The molecule has 0 unspecified atom stereocenters. The second-order valence-electron chi connectivity index (χ2n) is 7.28.